The van der Waals surface area contributed by atoms with Crippen LogP contribution in [0.3, 0.4) is 0 Å². The molecule has 2 heterocycles. The molecule has 1 aromatic heterocycles. The van der Waals surface area contributed by atoms with Gasteiger partial charge in [0.2, 0.25) is 0 Å². The summed E-state index contributed by atoms with van der Waals surface area (Å²) >= 11 is 12.1. The summed E-state index contributed by atoms with van der Waals surface area (Å²) < 4.78 is 73.7. The van der Waals surface area contributed by atoms with Crippen LogP contribution in [-0.4, -0.2) is 42.9 Å². The first-order valence-corrected chi connectivity index (χ1v) is 12.0. The van der Waals surface area contributed by atoms with Gasteiger partial charge in [-0.1, -0.05) is 29.3 Å². The van der Waals surface area contributed by atoms with Crippen LogP contribution < -0.4 is 10.1 Å². The first-order valence-electron chi connectivity index (χ1n) is 9.69. The molecule has 0 fully saturated rings. The van der Waals surface area contributed by atoms with Gasteiger partial charge in [0.25, 0.3) is 0 Å². The number of alkyl halides is 3. The van der Waals surface area contributed by atoms with Crippen molar-refractivity contribution in [2.24, 2.45) is 0 Å². The number of aldehydes is 1. The number of carbonyl (C=O) groups excluding carboxylic acids is 1. The zero-order chi connectivity index (χ0) is 24.8. The number of anilines is 1. The topological polar surface area (TPSA) is 90.3 Å². The number of nitrogens with zero attached hydrogens (tertiary/aromatic N) is 2. The van der Waals surface area contributed by atoms with Crippen molar-refractivity contribution in [1.82, 2.24) is 9.78 Å². The predicted molar refractivity (Wildman–Crippen MR) is 119 cm³/mol. The number of benzene rings is 2. The van der Waals surface area contributed by atoms with Gasteiger partial charge in [-0.25, -0.2) is 13.1 Å². The number of nitrogens with one attached hydrogen (secondary N) is 1. The number of halogens is 5. The Bertz CT molecular complexity index is 1340. The van der Waals surface area contributed by atoms with Crippen LogP contribution in [0.5, 0.6) is 5.75 Å². The van der Waals surface area contributed by atoms with Gasteiger partial charge in [-0.15, -0.1) is 0 Å². The average Bonchev–Trinajstić information content (AvgIpc) is 3.24. The average molecular weight is 534 g/mol. The Balaban J connectivity index is 1.96. The van der Waals surface area contributed by atoms with E-state index in [1.165, 1.54) is 49.6 Å². The van der Waals surface area contributed by atoms with E-state index in [1.807, 2.05) is 0 Å². The van der Waals surface area contributed by atoms with Crippen molar-refractivity contribution in [2.75, 3.05) is 12.4 Å². The number of methoxy groups -OCH3 is 1. The van der Waals surface area contributed by atoms with Gasteiger partial charge in [0.1, 0.15) is 29.1 Å². The highest BCUT2D eigenvalue weighted by molar-refractivity contribution is 7.92. The Morgan fingerprint density at radius 3 is 2.32 bits per heavy atom. The van der Waals surface area contributed by atoms with Gasteiger partial charge in [-0.05, 0) is 42.0 Å². The summed E-state index contributed by atoms with van der Waals surface area (Å²) in [6.07, 6.45) is -4.45. The van der Waals surface area contributed by atoms with E-state index in [0.29, 0.717) is 12.0 Å². The van der Waals surface area contributed by atoms with Gasteiger partial charge < -0.3 is 14.8 Å². The van der Waals surface area contributed by atoms with Crippen LogP contribution in [0.15, 0.2) is 53.4 Å². The summed E-state index contributed by atoms with van der Waals surface area (Å²) in [5.74, 6) is 0.236. The van der Waals surface area contributed by atoms with E-state index in [9.17, 15) is 26.4 Å². The zero-order valence-corrected chi connectivity index (χ0v) is 19.6. The Labute approximate surface area is 202 Å². The van der Waals surface area contributed by atoms with Gasteiger partial charge in [-0.3, -0.25) is 0 Å². The van der Waals surface area contributed by atoms with E-state index in [0.717, 1.165) is 10.7 Å². The normalized spacial score (nSPS) is 20.4. The number of aromatic nitrogens is 2. The second-order valence-electron chi connectivity index (χ2n) is 7.47. The molecule has 4 rings (SSSR count). The molecule has 0 amide bonds. The van der Waals surface area contributed by atoms with Gasteiger partial charge >= 0.3 is 6.18 Å². The van der Waals surface area contributed by atoms with Crippen LogP contribution in [0.2, 0.25) is 10.0 Å². The van der Waals surface area contributed by atoms with Crippen molar-refractivity contribution in [1.29, 1.82) is 0 Å². The highest BCUT2D eigenvalue weighted by atomic mass is 35.5. The molecule has 2 aromatic carbocycles. The van der Waals surface area contributed by atoms with Crippen molar-refractivity contribution in [3.63, 3.8) is 0 Å². The molecule has 1 N–H and O–H groups in total. The van der Waals surface area contributed by atoms with Gasteiger partial charge in [0, 0.05) is 6.07 Å². The van der Waals surface area contributed by atoms with Crippen LogP contribution in [-0.2, 0) is 20.8 Å². The van der Waals surface area contributed by atoms with Crippen LogP contribution in [0, 0.1) is 0 Å². The quantitative estimate of drug-likeness (QED) is 0.480. The summed E-state index contributed by atoms with van der Waals surface area (Å²) in [5.41, 5.74) is -1.03. The first kappa shape index (κ1) is 24.4. The fourth-order valence-electron chi connectivity index (χ4n) is 3.87. The molecule has 1 aliphatic heterocycles. The standard InChI is InChI=1S/C21H16Cl2F3N3O4S/c1-33-12-3-5-13(6-4-12)34(31,32)20-16(10-30)27-18-9-17(21(24,25)26)28-29(18)19(20)11-2-7-14(22)15(23)8-11/h2-10,16,19-20,27H,1H3. The Morgan fingerprint density at radius 2 is 1.76 bits per heavy atom. The van der Waals surface area contributed by atoms with Crippen molar-refractivity contribution in [2.45, 2.75) is 28.4 Å². The lowest BCUT2D eigenvalue weighted by molar-refractivity contribution is -0.141. The molecule has 0 spiro atoms. The first-order chi connectivity index (χ1) is 16.0. The summed E-state index contributed by atoms with van der Waals surface area (Å²) in [4.78, 5) is 11.9. The lowest BCUT2D eigenvalue weighted by Gasteiger charge is -2.37. The second kappa shape index (κ2) is 8.79. The zero-order valence-electron chi connectivity index (χ0n) is 17.3. The lowest BCUT2D eigenvalue weighted by atomic mass is 9.97. The molecule has 0 aliphatic carbocycles. The second-order valence-corrected chi connectivity index (χ2v) is 10.4. The largest absolute Gasteiger partial charge is 0.497 e. The minimum atomic E-state index is -4.80. The molecule has 0 radical (unpaired) electrons. The van der Waals surface area contributed by atoms with E-state index >= 15 is 0 Å². The number of fused-ring (bicyclic) bond motifs is 1. The Hall–Kier alpha value is -2.76. The molecular weight excluding hydrogens is 518 g/mol. The third-order valence-corrected chi connectivity index (χ3v) is 8.38. The van der Waals surface area contributed by atoms with Crippen molar-refractivity contribution in [3.05, 3.63) is 69.8 Å². The summed E-state index contributed by atoms with van der Waals surface area (Å²) in [6, 6.07) is 7.60. The molecule has 7 nitrogen and oxygen atoms in total. The highest BCUT2D eigenvalue weighted by Gasteiger charge is 2.48. The minimum Gasteiger partial charge on any atom is -0.497 e. The maximum absolute atomic E-state index is 13.7. The third-order valence-electron chi connectivity index (χ3n) is 5.45. The molecule has 180 valence electrons. The van der Waals surface area contributed by atoms with Crippen LogP contribution in [0.1, 0.15) is 17.3 Å². The van der Waals surface area contributed by atoms with Gasteiger partial charge in [-0.2, -0.15) is 18.3 Å². The molecule has 0 saturated carbocycles. The van der Waals surface area contributed by atoms with E-state index in [1.54, 1.807) is 0 Å². The number of hydrogen-bond donors (Lipinski definition) is 1. The van der Waals surface area contributed by atoms with Crippen molar-refractivity contribution < 1.29 is 31.1 Å². The Kier molecular flexibility index (Phi) is 6.30. The van der Waals surface area contributed by atoms with Gasteiger partial charge in [0.15, 0.2) is 15.5 Å². The van der Waals surface area contributed by atoms with E-state index < -0.39 is 39.0 Å². The number of ether oxygens (including phenoxy) is 1. The fraction of sp³-hybridized carbons (Fsp3) is 0.238. The molecule has 3 unspecified atom stereocenters. The highest BCUT2D eigenvalue weighted by Crippen LogP contribution is 2.42. The smallest absolute Gasteiger partial charge is 0.435 e. The van der Waals surface area contributed by atoms with E-state index in [-0.39, 0.29) is 26.3 Å². The third kappa shape index (κ3) is 4.23. The fourth-order valence-corrected chi connectivity index (χ4v) is 6.13. The van der Waals surface area contributed by atoms with Crippen LogP contribution >= 0.6 is 23.2 Å². The minimum absolute atomic E-state index is 0.0608. The van der Waals surface area contributed by atoms with Crippen molar-refractivity contribution in [3.8, 4) is 5.75 Å². The van der Waals surface area contributed by atoms with Crippen molar-refractivity contribution >= 4 is 45.1 Å². The monoisotopic (exact) mass is 533 g/mol. The molecule has 34 heavy (non-hydrogen) atoms. The summed E-state index contributed by atoms with van der Waals surface area (Å²) in [7, 11) is -2.89. The molecular formula is C21H16Cl2F3N3O4S. The summed E-state index contributed by atoms with van der Waals surface area (Å²) in [6.45, 7) is 0. The van der Waals surface area contributed by atoms with Gasteiger partial charge in [0.05, 0.1) is 28.1 Å². The number of sulfone groups is 1. The maximum atomic E-state index is 13.7. The number of rotatable bonds is 5. The van der Waals surface area contributed by atoms with E-state index in [2.05, 4.69) is 10.4 Å². The van der Waals surface area contributed by atoms with Crippen LogP contribution in [0.4, 0.5) is 19.0 Å². The van der Waals surface area contributed by atoms with Crippen LogP contribution in [0.25, 0.3) is 0 Å². The predicted octanol–water partition coefficient (Wildman–Crippen LogP) is 4.64. The number of carbonyl (C=O) groups is 1. The molecule has 0 bridgehead atoms. The molecule has 3 aromatic rings. The maximum Gasteiger partial charge on any atom is 0.435 e. The number of hydrogen-bond acceptors (Lipinski definition) is 6. The Morgan fingerprint density at radius 1 is 1.09 bits per heavy atom. The summed E-state index contributed by atoms with van der Waals surface area (Å²) in [5, 5.41) is 4.88. The molecule has 0 saturated heterocycles. The molecule has 3 atom stereocenters. The molecule has 1 aliphatic rings. The van der Waals surface area contributed by atoms with E-state index in [4.69, 9.17) is 27.9 Å². The molecule has 13 heteroatoms. The lowest BCUT2D eigenvalue weighted by Crippen LogP contribution is -2.51. The SMILES string of the molecule is COc1ccc(S(=O)(=O)C2C(C=O)Nc3cc(C(F)(F)F)nn3C2c2ccc(Cl)c(Cl)c2)cc1.